The van der Waals surface area contributed by atoms with Gasteiger partial charge in [-0.3, -0.25) is 4.79 Å². The van der Waals surface area contributed by atoms with E-state index in [0.717, 1.165) is 5.75 Å². The van der Waals surface area contributed by atoms with Crippen molar-refractivity contribution in [3.8, 4) is 11.5 Å². The summed E-state index contributed by atoms with van der Waals surface area (Å²) in [5.41, 5.74) is 0.778. The Morgan fingerprint density at radius 2 is 1.56 bits per heavy atom. The predicted octanol–water partition coefficient (Wildman–Crippen LogP) is 4.73. The third-order valence-electron chi connectivity index (χ3n) is 3.48. The van der Waals surface area contributed by atoms with Gasteiger partial charge in [0.25, 0.3) is 5.91 Å². The van der Waals surface area contributed by atoms with Crippen molar-refractivity contribution in [3.63, 3.8) is 0 Å². The van der Waals surface area contributed by atoms with Crippen molar-refractivity contribution in [3.05, 3.63) is 72.7 Å². The molecule has 6 nitrogen and oxygen atoms in total. The van der Waals surface area contributed by atoms with Crippen molar-refractivity contribution in [1.82, 2.24) is 9.97 Å². The zero-order chi connectivity index (χ0) is 19.3. The van der Waals surface area contributed by atoms with Crippen LogP contribution < -0.4 is 15.4 Å². The minimum atomic E-state index is -0.318. The average Bonchev–Trinajstić information content (AvgIpc) is 2.63. The van der Waals surface area contributed by atoms with Gasteiger partial charge in [0.2, 0.25) is 0 Å². The van der Waals surface area contributed by atoms with Crippen molar-refractivity contribution < 1.29 is 9.53 Å². The SMILES string of the molecule is CC(C)(C)Nc1cnc(C(=O)Nc2ccc(Oc3ccccc3)cc2)cn1. The van der Waals surface area contributed by atoms with Crippen molar-refractivity contribution in [2.75, 3.05) is 10.6 Å². The van der Waals surface area contributed by atoms with E-state index in [1.807, 2.05) is 51.1 Å². The van der Waals surface area contributed by atoms with Crippen LogP contribution in [0, 0.1) is 0 Å². The maximum absolute atomic E-state index is 12.3. The molecule has 3 rings (SSSR count). The summed E-state index contributed by atoms with van der Waals surface area (Å²) in [7, 11) is 0. The van der Waals surface area contributed by atoms with Gasteiger partial charge in [0.1, 0.15) is 23.0 Å². The molecule has 2 aromatic carbocycles. The fraction of sp³-hybridized carbons (Fsp3) is 0.190. The predicted molar refractivity (Wildman–Crippen MR) is 106 cm³/mol. The van der Waals surface area contributed by atoms with Gasteiger partial charge in [-0.15, -0.1) is 0 Å². The fourth-order valence-electron chi connectivity index (χ4n) is 2.32. The number of carbonyl (C=O) groups is 1. The molecule has 0 radical (unpaired) electrons. The molecule has 0 bridgehead atoms. The molecular formula is C21H22N4O2. The molecule has 0 aliphatic heterocycles. The molecule has 0 saturated heterocycles. The van der Waals surface area contributed by atoms with Crippen molar-refractivity contribution in [2.24, 2.45) is 0 Å². The molecule has 6 heteroatoms. The zero-order valence-electron chi connectivity index (χ0n) is 15.6. The van der Waals surface area contributed by atoms with E-state index >= 15 is 0 Å². The molecule has 0 atom stereocenters. The number of rotatable bonds is 5. The molecular weight excluding hydrogens is 340 g/mol. The van der Waals surface area contributed by atoms with Crippen LogP contribution in [0.4, 0.5) is 11.5 Å². The normalized spacial score (nSPS) is 10.9. The highest BCUT2D eigenvalue weighted by Gasteiger charge is 2.12. The molecule has 0 aliphatic carbocycles. The second-order valence-corrected chi connectivity index (χ2v) is 7.06. The summed E-state index contributed by atoms with van der Waals surface area (Å²) >= 11 is 0. The van der Waals surface area contributed by atoms with Crippen LogP contribution in [-0.2, 0) is 0 Å². The lowest BCUT2D eigenvalue weighted by Gasteiger charge is -2.20. The van der Waals surface area contributed by atoms with E-state index in [9.17, 15) is 4.79 Å². The van der Waals surface area contributed by atoms with Crippen LogP contribution in [0.3, 0.4) is 0 Å². The number of nitrogens with one attached hydrogen (secondary N) is 2. The Morgan fingerprint density at radius 1 is 0.889 bits per heavy atom. The summed E-state index contributed by atoms with van der Waals surface area (Å²) in [6, 6.07) is 16.7. The zero-order valence-corrected chi connectivity index (χ0v) is 15.6. The van der Waals surface area contributed by atoms with Gasteiger partial charge >= 0.3 is 0 Å². The van der Waals surface area contributed by atoms with Gasteiger partial charge in [-0.05, 0) is 57.2 Å². The molecule has 27 heavy (non-hydrogen) atoms. The lowest BCUT2D eigenvalue weighted by atomic mass is 10.1. The lowest BCUT2D eigenvalue weighted by molar-refractivity contribution is 0.102. The van der Waals surface area contributed by atoms with Crippen LogP contribution in [-0.4, -0.2) is 21.4 Å². The molecule has 1 amide bonds. The van der Waals surface area contributed by atoms with Crippen molar-refractivity contribution >= 4 is 17.4 Å². The number of carbonyl (C=O) groups excluding carboxylic acids is 1. The van der Waals surface area contributed by atoms with E-state index in [4.69, 9.17) is 4.74 Å². The Bertz CT molecular complexity index is 886. The highest BCUT2D eigenvalue weighted by molar-refractivity contribution is 6.02. The second kappa shape index (κ2) is 7.86. The quantitative estimate of drug-likeness (QED) is 0.686. The second-order valence-electron chi connectivity index (χ2n) is 7.06. The molecule has 3 aromatic rings. The summed E-state index contributed by atoms with van der Waals surface area (Å²) in [6.45, 7) is 6.08. The first-order valence-electron chi connectivity index (χ1n) is 8.64. The standard InChI is InChI=1S/C21H22N4O2/c1-21(2,3)25-19-14-22-18(13-23-19)20(26)24-15-9-11-17(12-10-15)27-16-7-5-4-6-8-16/h4-14H,1-3H3,(H,23,25)(H,24,26). The summed E-state index contributed by atoms with van der Waals surface area (Å²) < 4.78 is 5.73. The minimum Gasteiger partial charge on any atom is -0.457 e. The summed E-state index contributed by atoms with van der Waals surface area (Å²) in [5.74, 6) is 1.76. The van der Waals surface area contributed by atoms with Crippen LogP contribution in [0.2, 0.25) is 0 Å². The van der Waals surface area contributed by atoms with Crippen molar-refractivity contribution in [1.29, 1.82) is 0 Å². The van der Waals surface area contributed by atoms with Crippen LogP contribution >= 0.6 is 0 Å². The molecule has 0 unspecified atom stereocenters. The maximum Gasteiger partial charge on any atom is 0.275 e. The van der Waals surface area contributed by atoms with E-state index in [0.29, 0.717) is 17.3 Å². The number of para-hydroxylation sites is 1. The maximum atomic E-state index is 12.3. The number of nitrogens with zero attached hydrogens (tertiary/aromatic N) is 2. The molecule has 0 aliphatic rings. The van der Waals surface area contributed by atoms with E-state index in [-0.39, 0.29) is 17.1 Å². The highest BCUT2D eigenvalue weighted by Crippen LogP contribution is 2.22. The third kappa shape index (κ3) is 5.54. The van der Waals surface area contributed by atoms with Crippen LogP contribution in [0.5, 0.6) is 11.5 Å². The van der Waals surface area contributed by atoms with Gasteiger partial charge < -0.3 is 15.4 Å². The van der Waals surface area contributed by atoms with Gasteiger partial charge in [0.05, 0.1) is 12.4 Å². The average molecular weight is 362 g/mol. The first-order chi connectivity index (χ1) is 12.9. The molecule has 0 fully saturated rings. The van der Waals surface area contributed by atoms with Gasteiger partial charge in [0.15, 0.2) is 0 Å². The third-order valence-corrected chi connectivity index (χ3v) is 3.48. The monoisotopic (exact) mass is 362 g/mol. The Kier molecular flexibility index (Phi) is 5.35. The number of hydrogen-bond acceptors (Lipinski definition) is 5. The first-order valence-corrected chi connectivity index (χ1v) is 8.64. The Labute approximate surface area is 158 Å². The molecule has 0 saturated carbocycles. The van der Waals surface area contributed by atoms with Gasteiger partial charge in [-0.1, -0.05) is 18.2 Å². The largest absolute Gasteiger partial charge is 0.457 e. The van der Waals surface area contributed by atoms with Crippen molar-refractivity contribution in [2.45, 2.75) is 26.3 Å². The summed E-state index contributed by atoms with van der Waals surface area (Å²) in [6.07, 6.45) is 3.01. The number of benzene rings is 2. The number of amides is 1. The van der Waals surface area contributed by atoms with E-state index in [1.54, 1.807) is 30.5 Å². The van der Waals surface area contributed by atoms with Gasteiger partial charge in [-0.2, -0.15) is 0 Å². The lowest BCUT2D eigenvalue weighted by Crippen LogP contribution is -2.27. The Balaban J connectivity index is 1.60. The topological polar surface area (TPSA) is 76.1 Å². The molecule has 138 valence electrons. The first kappa shape index (κ1) is 18.4. The molecule has 0 spiro atoms. The molecule has 2 N–H and O–H groups in total. The van der Waals surface area contributed by atoms with Crippen LogP contribution in [0.25, 0.3) is 0 Å². The smallest absolute Gasteiger partial charge is 0.275 e. The fourth-order valence-corrected chi connectivity index (χ4v) is 2.32. The highest BCUT2D eigenvalue weighted by atomic mass is 16.5. The molecule has 1 aromatic heterocycles. The number of anilines is 2. The van der Waals surface area contributed by atoms with Crippen LogP contribution in [0.15, 0.2) is 67.0 Å². The molecule has 1 heterocycles. The van der Waals surface area contributed by atoms with Gasteiger partial charge in [-0.25, -0.2) is 9.97 Å². The summed E-state index contributed by atoms with van der Waals surface area (Å²) in [5, 5.41) is 6.00. The number of ether oxygens (including phenoxy) is 1. The minimum absolute atomic E-state index is 0.123. The Morgan fingerprint density at radius 3 is 2.15 bits per heavy atom. The summed E-state index contributed by atoms with van der Waals surface area (Å²) in [4.78, 5) is 20.7. The number of hydrogen-bond donors (Lipinski definition) is 2. The van der Waals surface area contributed by atoms with E-state index in [2.05, 4.69) is 20.6 Å². The van der Waals surface area contributed by atoms with Gasteiger partial charge in [0, 0.05) is 11.2 Å². The Hall–Kier alpha value is -3.41. The van der Waals surface area contributed by atoms with E-state index in [1.165, 1.54) is 6.20 Å². The number of aromatic nitrogens is 2. The van der Waals surface area contributed by atoms with Crippen LogP contribution in [0.1, 0.15) is 31.3 Å². The van der Waals surface area contributed by atoms with E-state index < -0.39 is 0 Å².